The average Bonchev–Trinajstić information content (AvgIpc) is 2.13. The third-order valence-electron chi connectivity index (χ3n) is 1.82. The summed E-state index contributed by atoms with van der Waals surface area (Å²) in [5, 5.41) is 0. The fourth-order valence-electron chi connectivity index (χ4n) is 1.19. The first-order chi connectivity index (χ1) is 6.58. The van der Waals surface area contributed by atoms with Crippen molar-refractivity contribution in [3.05, 3.63) is 12.2 Å². The second-order valence-corrected chi connectivity index (χ2v) is 3.07. The summed E-state index contributed by atoms with van der Waals surface area (Å²) in [5.41, 5.74) is 0. The van der Waals surface area contributed by atoms with Gasteiger partial charge in [-0.25, -0.2) is 0 Å². The molecule has 1 heterocycles. The van der Waals surface area contributed by atoms with Gasteiger partial charge in [0.2, 0.25) is 0 Å². The van der Waals surface area contributed by atoms with Crippen molar-refractivity contribution in [2.45, 2.75) is 31.7 Å². The SMILES string of the molecule is FC(F)(F)/C=C\COC1CCCCO1. The molecule has 0 spiro atoms. The Morgan fingerprint density at radius 3 is 2.71 bits per heavy atom. The largest absolute Gasteiger partial charge is 0.409 e. The molecule has 0 N–H and O–H groups in total. The van der Waals surface area contributed by atoms with Gasteiger partial charge in [-0.2, -0.15) is 13.2 Å². The Kier molecular flexibility index (Phi) is 4.41. The molecule has 0 aromatic heterocycles. The number of rotatable bonds is 3. The maximum Gasteiger partial charge on any atom is 0.409 e. The standard InChI is InChI=1S/C9H13F3O2/c10-9(11,12)5-3-7-14-8-4-1-2-6-13-8/h3,5,8H,1-2,4,6-7H2/b5-3-. The molecule has 2 nitrogen and oxygen atoms in total. The lowest BCUT2D eigenvalue weighted by Crippen LogP contribution is -2.22. The smallest absolute Gasteiger partial charge is 0.353 e. The summed E-state index contributed by atoms with van der Waals surface area (Å²) >= 11 is 0. The van der Waals surface area contributed by atoms with Crippen LogP contribution in [0.5, 0.6) is 0 Å². The second-order valence-electron chi connectivity index (χ2n) is 3.07. The van der Waals surface area contributed by atoms with Crippen molar-refractivity contribution in [2.75, 3.05) is 13.2 Å². The van der Waals surface area contributed by atoms with Crippen LogP contribution in [-0.4, -0.2) is 25.7 Å². The molecule has 5 heteroatoms. The molecule has 82 valence electrons. The van der Waals surface area contributed by atoms with E-state index in [9.17, 15) is 13.2 Å². The highest BCUT2D eigenvalue weighted by atomic mass is 19.4. The van der Waals surface area contributed by atoms with E-state index in [0.717, 1.165) is 25.3 Å². The van der Waals surface area contributed by atoms with E-state index in [4.69, 9.17) is 9.47 Å². The van der Waals surface area contributed by atoms with Gasteiger partial charge in [-0.15, -0.1) is 0 Å². The van der Waals surface area contributed by atoms with E-state index in [2.05, 4.69) is 0 Å². The first-order valence-electron chi connectivity index (χ1n) is 4.55. The highest BCUT2D eigenvalue weighted by Gasteiger charge is 2.21. The van der Waals surface area contributed by atoms with Crippen molar-refractivity contribution < 1.29 is 22.6 Å². The normalized spacial score (nSPS) is 24.4. The quantitative estimate of drug-likeness (QED) is 0.667. The highest BCUT2D eigenvalue weighted by Crippen LogP contribution is 2.16. The molecule has 1 aliphatic heterocycles. The predicted molar refractivity (Wildman–Crippen MR) is 44.7 cm³/mol. The summed E-state index contributed by atoms with van der Waals surface area (Å²) in [5.74, 6) is 0. The van der Waals surface area contributed by atoms with Gasteiger partial charge < -0.3 is 9.47 Å². The minimum atomic E-state index is -4.25. The van der Waals surface area contributed by atoms with Crippen molar-refractivity contribution in [1.82, 2.24) is 0 Å². The van der Waals surface area contributed by atoms with Gasteiger partial charge in [0.25, 0.3) is 0 Å². The zero-order chi connectivity index (χ0) is 10.4. The van der Waals surface area contributed by atoms with Crippen LogP contribution in [0.25, 0.3) is 0 Å². The molecule has 1 atom stereocenters. The minimum absolute atomic E-state index is 0.0514. The van der Waals surface area contributed by atoms with Gasteiger partial charge in [0, 0.05) is 12.7 Å². The number of ether oxygens (including phenoxy) is 2. The van der Waals surface area contributed by atoms with Gasteiger partial charge in [0.1, 0.15) is 0 Å². The van der Waals surface area contributed by atoms with Gasteiger partial charge in [0.05, 0.1) is 6.61 Å². The summed E-state index contributed by atoms with van der Waals surface area (Å²) in [7, 11) is 0. The van der Waals surface area contributed by atoms with E-state index >= 15 is 0 Å². The number of allylic oxidation sites excluding steroid dienone is 1. The van der Waals surface area contributed by atoms with Crippen LogP contribution in [-0.2, 0) is 9.47 Å². The maximum absolute atomic E-state index is 11.6. The fourth-order valence-corrected chi connectivity index (χ4v) is 1.19. The van der Waals surface area contributed by atoms with E-state index in [1.807, 2.05) is 0 Å². The van der Waals surface area contributed by atoms with Crippen LogP contribution in [0.1, 0.15) is 19.3 Å². The predicted octanol–water partition coefficient (Wildman–Crippen LogP) is 2.65. The van der Waals surface area contributed by atoms with E-state index < -0.39 is 6.18 Å². The summed E-state index contributed by atoms with van der Waals surface area (Å²) in [4.78, 5) is 0. The Morgan fingerprint density at radius 2 is 2.14 bits per heavy atom. The number of hydrogen-bond donors (Lipinski definition) is 0. The van der Waals surface area contributed by atoms with Gasteiger partial charge in [-0.3, -0.25) is 0 Å². The van der Waals surface area contributed by atoms with Gasteiger partial charge in [-0.05, 0) is 19.3 Å². The molecule has 1 fully saturated rings. The molecule has 1 rings (SSSR count). The lowest BCUT2D eigenvalue weighted by atomic mass is 10.2. The van der Waals surface area contributed by atoms with Crippen molar-refractivity contribution in [2.24, 2.45) is 0 Å². The Labute approximate surface area is 80.7 Å². The molecular formula is C9H13F3O2. The Morgan fingerprint density at radius 1 is 1.36 bits per heavy atom. The molecule has 0 amide bonds. The summed E-state index contributed by atoms with van der Waals surface area (Å²) in [6.45, 7) is 0.581. The van der Waals surface area contributed by atoms with E-state index in [0.29, 0.717) is 6.61 Å². The molecule has 1 aliphatic rings. The third-order valence-corrected chi connectivity index (χ3v) is 1.82. The van der Waals surface area contributed by atoms with E-state index in [-0.39, 0.29) is 19.0 Å². The van der Waals surface area contributed by atoms with Crippen LogP contribution in [0.3, 0.4) is 0 Å². The van der Waals surface area contributed by atoms with Gasteiger partial charge in [0.15, 0.2) is 6.29 Å². The molecular weight excluding hydrogens is 197 g/mol. The monoisotopic (exact) mass is 210 g/mol. The van der Waals surface area contributed by atoms with Crippen LogP contribution < -0.4 is 0 Å². The van der Waals surface area contributed by atoms with Crippen molar-refractivity contribution in [1.29, 1.82) is 0 Å². The van der Waals surface area contributed by atoms with Crippen molar-refractivity contribution in [3.63, 3.8) is 0 Å². The third kappa shape index (κ3) is 5.24. The van der Waals surface area contributed by atoms with Crippen LogP contribution in [0.2, 0.25) is 0 Å². The average molecular weight is 210 g/mol. The first-order valence-corrected chi connectivity index (χ1v) is 4.55. The van der Waals surface area contributed by atoms with Crippen LogP contribution in [0.4, 0.5) is 13.2 Å². The van der Waals surface area contributed by atoms with Gasteiger partial charge >= 0.3 is 6.18 Å². The number of hydrogen-bond acceptors (Lipinski definition) is 2. The zero-order valence-electron chi connectivity index (χ0n) is 7.72. The molecule has 0 bridgehead atoms. The summed E-state index contributed by atoms with van der Waals surface area (Å²) in [6.07, 6.45) is -0.683. The number of halogens is 3. The maximum atomic E-state index is 11.6. The Bertz CT molecular complexity index is 183. The summed E-state index contributed by atoms with van der Waals surface area (Å²) in [6, 6.07) is 0. The molecule has 0 aromatic rings. The molecule has 1 saturated heterocycles. The molecule has 0 aliphatic carbocycles. The Balaban J connectivity index is 2.11. The fraction of sp³-hybridized carbons (Fsp3) is 0.778. The Hall–Kier alpha value is -0.550. The molecule has 14 heavy (non-hydrogen) atoms. The van der Waals surface area contributed by atoms with Crippen LogP contribution in [0, 0.1) is 0 Å². The summed E-state index contributed by atoms with van der Waals surface area (Å²) < 4.78 is 45.2. The van der Waals surface area contributed by atoms with E-state index in [1.165, 1.54) is 0 Å². The molecule has 0 radical (unpaired) electrons. The van der Waals surface area contributed by atoms with Gasteiger partial charge in [-0.1, -0.05) is 6.08 Å². The minimum Gasteiger partial charge on any atom is -0.353 e. The lowest BCUT2D eigenvalue weighted by Gasteiger charge is -2.21. The van der Waals surface area contributed by atoms with Crippen LogP contribution in [0.15, 0.2) is 12.2 Å². The molecule has 1 unspecified atom stereocenters. The van der Waals surface area contributed by atoms with E-state index in [1.54, 1.807) is 0 Å². The van der Waals surface area contributed by atoms with Crippen molar-refractivity contribution >= 4 is 0 Å². The number of alkyl halides is 3. The zero-order valence-corrected chi connectivity index (χ0v) is 7.72. The molecule has 0 saturated carbocycles. The second kappa shape index (κ2) is 5.36. The highest BCUT2D eigenvalue weighted by molar-refractivity contribution is 4.88. The molecule has 0 aromatic carbocycles. The van der Waals surface area contributed by atoms with Crippen LogP contribution >= 0.6 is 0 Å². The topological polar surface area (TPSA) is 18.5 Å². The lowest BCUT2D eigenvalue weighted by molar-refractivity contribution is -0.156. The van der Waals surface area contributed by atoms with Crippen molar-refractivity contribution in [3.8, 4) is 0 Å². The first kappa shape index (κ1) is 11.5.